The van der Waals surface area contributed by atoms with Crippen molar-refractivity contribution in [1.29, 1.82) is 0 Å². The van der Waals surface area contributed by atoms with Crippen molar-refractivity contribution in [3.63, 3.8) is 0 Å². The molecule has 1 amide bonds. The molecule has 2 aromatic carbocycles. The summed E-state index contributed by atoms with van der Waals surface area (Å²) in [6.07, 6.45) is 0.820. The minimum Gasteiger partial charge on any atom is -0.492 e. The fourth-order valence-electron chi connectivity index (χ4n) is 3.24. The Hall–Kier alpha value is -2.66. The highest BCUT2D eigenvalue weighted by Gasteiger charge is 2.41. The molecule has 0 saturated carbocycles. The maximum absolute atomic E-state index is 13.0. The SMILES string of the molecule is COc1c(Br)c([C@H]2ON=C(C(=O)N/N=C\c3ccc(F)cc3)[C@H]2C)c(Br)c2c1OCO2. The van der Waals surface area contributed by atoms with Crippen LogP contribution in [-0.2, 0) is 9.63 Å². The molecule has 0 unspecified atom stereocenters. The summed E-state index contributed by atoms with van der Waals surface area (Å²) in [5.74, 6) is 0.170. The Balaban J connectivity index is 1.52. The van der Waals surface area contributed by atoms with Crippen LogP contribution >= 0.6 is 31.9 Å². The minimum atomic E-state index is -0.589. The van der Waals surface area contributed by atoms with Crippen LogP contribution in [0, 0.1) is 11.7 Å². The molecule has 0 saturated heterocycles. The fraction of sp³-hybridized carbons (Fsp3) is 0.250. The quantitative estimate of drug-likeness (QED) is 0.438. The van der Waals surface area contributed by atoms with Gasteiger partial charge in [-0.1, -0.05) is 24.2 Å². The zero-order valence-corrected chi connectivity index (χ0v) is 19.5. The van der Waals surface area contributed by atoms with Crippen molar-refractivity contribution >= 4 is 49.7 Å². The summed E-state index contributed by atoms with van der Waals surface area (Å²) in [5, 5.41) is 7.87. The number of hydrogen-bond acceptors (Lipinski definition) is 7. The Morgan fingerprint density at radius 3 is 2.68 bits per heavy atom. The molecule has 2 aromatic rings. The van der Waals surface area contributed by atoms with Gasteiger partial charge in [0.1, 0.15) is 5.82 Å². The van der Waals surface area contributed by atoms with Gasteiger partial charge in [0.2, 0.25) is 12.5 Å². The molecule has 8 nitrogen and oxygen atoms in total. The summed E-state index contributed by atoms with van der Waals surface area (Å²) >= 11 is 7.08. The minimum absolute atomic E-state index is 0.0669. The number of nitrogens with one attached hydrogen (secondary N) is 1. The number of carbonyl (C=O) groups is 1. The van der Waals surface area contributed by atoms with E-state index >= 15 is 0 Å². The number of carbonyl (C=O) groups excluding carboxylic acids is 1. The average molecular weight is 557 g/mol. The Morgan fingerprint density at radius 2 is 1.97 bits per heavy atom. The maximum Gasteiger partial charge on any atom is 0.289 e. The number of ether oxygens (including phenoxy) is 3. The molecule has 2 atom stereocenters. The molecule has 4 rings (SSSR count). The van der Waals surface area contributed by atoms with Crippen molar-refractivity contribution in [1.82, 2.24) is 5.43 Å². The molecule has 0 spiro atoms. The molecule has 31 heavy (non-hydrogen) atoms. The van der Waals surface area contributed by atoms with Gasteiger partial charge in [0.15, 0.2) is 23.3 Å². The Kier molecular flexibility index (Phi) is 6.15. The van der Waals surface area contributed by atoms with Gasteiger partial charge in [-0.3, -0.25) is 4.79 Å². The second kappa shape index (κ2) is 8.83. The van der Waals surface area contributed by atoms with Gasteiger partial charge in [0, 0.05) is 5.56 Å². The topological polar surface area (TPSA) is 90.7 Å². The van der Waals surface area contributed by atoms with Gasteiger partial charge in [-0.25, -0.2) is 9.82 Å². The Bertz CT molecular complexity index is 1090. The number of oxime groups is 1. The van der Waals surface area contributed by atoms with E-state index in [1.54, 1.807) is 12.1 Å². The molecule has 0 fully saturated rings. The predicted octanol–water partition coefficient (Wildman–Crippen LogP) is 4.30. The number of fused-ring (bicyclic) bond motifs is 1. The highest BCUT2D eigenvalue weighted by Crippen LogP contribution is 2.55. The summed E-state index contributed by atoms with van der Waals surface area (Å²) in [5.41, 5.74) is 3.91. The van der Waals surface area contributed by atoms with Crippen LogP contribution in [0.15, 0.2) is 43.5 Å². The molecular formula is C20H16Br2FN3O5. The first-order valence-electron chi connectivity index (χ1n) is 9.09. The van der Waals surface area contributed by atoms with E-state index in [-0.39, 0.29) is 18.3 Å². The van der Waals surface area contributed by atoms with Crippen molar-refractivity contribution in [2.45, 2.75) is 13.0 Å². The highest BCUT2D eigenvalue weighted by atomic mass is 79.9. The molecule has 2 aliphatic rings. The second-order valence-corrected chi connectivity index (χ2v) is 8.27. The van der Waals surface area contributed by atoms with Crippen molar-refractivity contribution < 1.29 is 28.2 Å². The third kappa shape index (κ3) is 3.99. The van der Waals surface area contributed by atoms with Gasteiger partial charge in [0.05, 0.1) is 28.2 Å². The largest absolute Gasteiger partial charge is 0.492 e. The molecule has 162 valence electrons. The number of benzene rings is 2. The van der Waals surface area contributed by atoms with E-state index in [9.17, 15) is 9.18 Å². The number of rotatable bonds is 5. The highest BCUT2D eigenvalue weighted by molar-refractivity contribution is 9.11. The summed E-state index contributed by atoms with van der Waals surface area (Å²) in [7, 11) is 1.52. The lowest BCUT2D eigenvalue weighted by atomic mass is 9.93. The first kappa shape index (κ1) is 21.6. The van der Waals surface area contributed by atoms with E-state index in [0.29, 0.717) is 37.3 Å². The van der Waals surface area contributed by atoms with Crippen molar-refractivity contribution in [3.05, 3.63) is 50.2 Å². The number of methoxy groups -OCH3 is 1. The predicted molar refractivity (Wildman–Crippen MR) is 117 cm³/mol. The van der Waals surface area contributed by atoms with Crippen LogP contribution in [-0.4, -0.2) is 31.7 Å². The molecule has 1 N–H and O–H groups in total. The normalized spacial score (nSPS) is 19.3. The van der Waals surface area contributed by atoms with E-state index in [1.807, 2.05) is 6.92 Å². The van der Waals surface area contributed by atoms with Gasteiger partial charge in [-0.05, 0) is 49.6 Å². The standard InChI is InChI=1S/C20H16Br2FN3O5/c1-9-15(20(27)25-24-7-10-3-5-11(23)6-4-10)26-31-16(9)12-13(21)17(28-2)19-18(14(12)22)29-8-30-19/h3-7,9,16H,8H2,1-2H3,(H,25,27)/b24-7-/t9-,16+/m1/s1. The van der Waals surface area contributed by atoms with Crippen LogP contribution < -0.4 is 19.6 Å². The van der Waals surface area contributed by atoms with Crippen molar-refractivity contribution in [3.8, 4) is 17.2 Å². The first-order chi connectivity index (χ1) is 14.9. The zero-order chi connectivity index (χ0) is 22.1. The molecule has 11 heteroatoms. The van der Waals surface area contributed by atoms with Gasteiger partial charge in [-0.15, -0.1) is 0 Å². The van der Waals surface area contributed by atoms with E-state index in [4.69, 9.17) is 19.0 Å². The summed E-state index contributed by atoms with van der Waals surface area (Å²) in [4.78, 5) is 18.2. The van der Waals surface area contributed by atoms with Gasteiger partial charge >= 0.3 is 0 Å². The summed E-state index contributed by atoms with van der Waals surface area (Å²) < 4.78 is 30.7. The average Bonchev–Trinajstić information content (AvgIpc) is 3.38. The van der Waals surface area contributed by atoms with Gasteiger partial charge in [-0.2, -0.15) is 5.10 Å². The molecular weight excluding hydrogens is 541 g/mol. The molecule has 2 heterocycles. The van der Waals surface area contributed by atoms with Crippen molar-refractivity contribution in [2.24, 2.45) is 16.2 Å². The maximum atomic E-state index is 13.0. The molecule has 0 bridgehead atoms. The lowest BCUT2D eigenvalue weighted by Gasteiger charge is -2.20. The van der Waals surface area contributed by atoms with Crippen LogP contribution in [0.3, 0.4) is 0 Å². The van der Waals surface area contributed by atoms with Crippen LogP contribution in [0.5, 0.6) is 17.2 Å². The monoisotopic (exact) mass is 555 g/mol. The lowest BCUT2D eigenvalue weighted by Crippen LogP contribution is -2.31. The fourth-order valence-corrected chi connectivity index (χ4v) is 4.99. The third-order valence-corrected chi connectivity index (χ3v) is 6.39. The van der Waals surface area contributed by atoms with Crippen LogP contribution in [0.25, 0.3) is 0 Å². The molecule has 0 aromatic heterocycles. The van der Waals surface area contributed by atoms with Gasteiger partial charge < -0.3 is 19.0 Å². The Labute approximate surface area is 193 Å². The number of amides is 1. The van der Waals surface area contributed by atoms with E-state index in [0.717, 1.165) is 0 Å². The molecule has 2 aliphatic heterocycles. The first-order valence-corrected chi connectivity index (χ1v) is 10.7. The smallest absolute Gasteiger partial charge is 0.289 e. The van der Waals surface area contributed by atoms with Crippen LogP contribution in [0.1, 0.15) is 24.2 Å². The number of hydrogen-bond donors (Lipinski definition) is 1. The number of halogens is 3. The lowest BCUT2D eigenvalue weighted by molar-refractivity contribution is -0.115. The summed E-state index contributed by atoms with van der Waals surface area (Å²) in [6.45, 7) is 1.88. The third-order valence-electron chi connectivity index (χ3n) is 4.81. The van der Waals surface area contributed by atoms with Crippen LogP contribution in [0.4, 0.5) is 4.39 Å². The number of nitrogens with zero attached hydrogens (tertiary/aromatic N) is 2. The van der Waals surface area contributed by atoms with Crippen LogP contribution in [0.2, 0.25) is 0 Å². The molecule has 0 aliphatic carbocycles. The van der Waals surface area contributed by atoms with E-state index < -0.39 is 17.9 Å². The zero-order valence-electron chi connectivity index (χ0n) is 16.3. The number of hydrazone groups is 1. The van der Waals surface area contributed by atoms with E-state index in [2.05, 4.69) is 47.5 Å². The second-order valence-electron chi connectivity index (χ2n) is 6.68. The van der Waals surface area contributed by atoms with E-state index in [1.165, 1.54) is 25.5 Å². The summed E-state index contributed by atoms with van der Waals surface area (Å²) in [6, 6.07) is 5.70. The van der Waals surface area contributed by atoms with Crippen molar-refractivity contribution in [2.75, 3.05) is 13.9 Å². The van der Waals surface area contributed by atoms with Gasteiger partial charge in [0.25, 0.3) is 5.91 Å². The molecule has 0 radical (unpaired) electrons. The Morgan fingerprint density at radius 1 is 1.26 bits per heavy atom.